The van der Waals surface area contributed by atoms with Crippen molar-refractivity contribution >= 4 is 22.7 Å². The van der Waals surface area contributed by atoms with Gasteiger partial charge in [-0.3, -0.25) is 9.78 Å². The van der Waals surface area contributed by atoms with Crippen LogP contribution in [0.1, 0.15) is 26.4 Å². The summed E-state index contributed by atoms with van der Waals surface area (Å²) < 4.78 is 15.7. The fourth-order valence-corrected chi connectivity index (χ4v) is 2.84. The predicted octanol–water partition coefficient (Wildman–Crippen LogP) is 3.31. The molecule has 130 valence electrons. The smallest absolute Gasteiger partial charge is 0.339 e. The number of rotatable bonds is 4. The largest absolute Gasteiger partial charge is 0.454 e. The maximum absolute atomic E-state index is 12.5. The van der Waals surface area contributed by atoms with Crippen LogP contribution in [0.4, 0.5) is 0 Å². The van der Waals surface area contributed by atoms with Gasteiger partial charge < -0.3 is 14.2 Å². The Bertz CT molecular complexity index is 1030. The molecule has 1 aromatic heterocycles. The van der Waals surface area contributed by atoms with Crippen LogP contribution in [0.25, 0.3) is 10.9 Å². The van der Waals surface area contributed by atoms with E-state index in [1.165, 1.54) is 0 Å². The molecule has 2 heterocycles. The summed E-state index contributed by atoms with van der Waals surface area (Å²) in [6.07, 6.45) is 0. The number of aryl methyl sites for hydroxylation is 1. The van der Waals surface area contributed by atoms with E-state index in [0.717, 1.165) is 0 Å². The van der Waals surface area contributed by atoms with Gasteiger partial charge in [0.15, 0.2) is 23.9 Å². The van der Waals surface area contributed by atoms with E-state index in [9.17, 15) is 9.59 Å². The monoisotopic (exact) mass is 349 g/mol. The summed E-state index contributed by atoms with van der Waals surface area (Å²) >= 11 is 0. The zero-order valence-electron chi connectivity index (χ0n) is 14.0. The Labute approximate surface area is 149 Å². The highest BCUT2D eigenvalue weighted by atomic mass is 16.7. The number of hydrogen-bond acceptors (Lipinski definition) is 6. The van der Waals surface area contributed by atoms with E-state index in [1.54, 1.807) is 37.3 Å². The number of nitrogens with zero attached hydrogens (tertiary/aromatic N) is 1. The Morgan fingerprint density at radius 2 is 1.88 bits per heavy atom. The van der Waals surface area contributed by atoms with Crippen LogP contribution in [-0.2, 0) is 4.74 Å². The number of benzene rings is 2. The minimum absolute atomic E-state index is 0.135. The minimum atomic E-state index is -0.555. The van der Waals surface area contributed by atoms with Crippen LogP contribution in [0.15, 0.2) is 48.5 Å². The molecule has 0 saturated heterocycles. The topological polar surface area (TPSA) is 74.7 Å². The lowest BCUT2D eigenvalue weighted by Gasteiger charge is -2.08. The molecule has 1 aliphatic rings. The Hall–Kier alpha value is -3.41. The lowest BCUT2D eigenvalue weighted by molar-refractivity contribution is 0.0476. The van der Waals surface area contributed by atoms with E-state index in [-0.39, 0.29) is 19.2 Å². The number of carbonyl (C=O) groups is 2. The molecule has 0 bridgehead atoms. The zero-order chi connectivity index (χ0) is 18.1. The number of hydrogen-bond donors (Lipinski definition) is 0. The number of carbonyl (C=O) groups excluding carboxylic acids is 2. The van der Waals surface area contributed by atoms with Crippen LogP contribution in [0, 0.1) is 6.92 Å². The highest BCUT2D eigenvalue weighted by Gasteiger charge is 2.19. The molecule has 0 radical (unpaired) electrons. The van der Waals surface area contributed by atoms with E-state index in [2.05, 4.69) is 4.98 Å². The van der Waals surface area contributed by atoms with Crippen molar-refractivity contribution < 1.29 is 23.8 Å². The van der Waals surface area contributed by atoms with Crippen molar-refractivity contribution in [2.75, 3.05) is 13.4 Å². The van der Waals surface area contributed by atoms with Gasteiger partial charge in [0.05, 0.1) is 11.1 Å². The quantitative estimate of drug-likeness (QED) is 0.531. The maximum atomic E-state index is 12.5. The number of fused-ring (bicyclic) bond motifs is 2. The Balaban J connectivity index is 1.51. The van der Waals surface area contributed by atoms with Gasteiger partial charge in [-0.25, -0.2) is 4.79 Å². The summed E-state index contributed by atoms with van der Waals surface area (Å²) in [7, 11) is 0. The second-order valence-electron chi connectivity index (χ2n) is 5.90. The van der Waals surface area contributed by atoms with Crippen molar-refractivity contribution in [2.24, 2.45) is 0 Å². The first-order valence-electron chi connectivity index (χ1n) is 8.08. The molecule has 2 aromatic carbocycles. The Kier molecular flexibility index (Phi) is 4.01. The predicted molar refractivity (Wildman–Crippen MR) is 93.7 cm³/mol. The van der Waals surface area contributed by atoms with E-state index in [1.807, 2.05) is 18.2 Å². The van der Waals surface area contributed by atoms with Crippen LogP contribution >= 0.6 is 0 Å². The molecule has 1 aliphatic heterocycles. The van der Waals surface area contributed by atoms with Gasteiger partial charge in [0.25, 0.3) is 0 Å². The average Bonchev–Trinajstić information content (AvgIpc) is 3.12. The van der Waals surface area contributed by atoms with Crippen molar-refractivity contribution in [3.63, 3.8) is 0 Å². The number of aromatic nitrogens is 1. The molecular weight excluding hydrogens is 334 g/mol. The molecular formula is C20H15NO5. The van der Waals surface area contributed by atoms with Crippen LogP contribution in [0.2, 0.25) is 0 Å². The Morgan fingerprint density at radius 3 is 2.77 bits per heavy atom. The van der Waals surface area contributed by atoms with Gasteiger partial charge in [-0.15, -0.1) is 0 Å². The second kappa shape index (κ2) is 6.48. The molecule has 0 saturated carbocycles. The van der Waals surface area contributed by atoms with Gasteiger partial charge in [0.2, 0.25) is 6.79 Å². The normalized spacial score (nSPS) is 12.2. The zero-order valence-corrected chi connectivity index (χ0v) is 14.0. The number of pyridine rings is 1. The molecule has 0 atom stereocenters. The molecule has 0 aliphatic carbocycles. The molecule has 4 rings (SSSR count). The van der Waals surface area contributed by atoms with Crippen molar-refractivity contribution in [3.05, 3.63) is 65.4 Å². The molecule has 6 heteroatoms. The molecule has 0 amide bonds. The van der Waals surface area contributed by atoms with Crippen LogP contribution in [-0.4, -0.2) is 30.1 Å². The molecule has 3 aromatic rings. The fourth-order valence-electron chi connectivity index (χ4n) is 2.84. The highest BCUT2D eigenvalue weighted by molar-refractivity contribution is 6.05. The molecule has 0 fully saturated rings. The van der Waals surface area contributed by atoms with Gasteiger partial charge in [-0.05, 0) is 37.3 Å². The van der Waals surface area contributed by atoms with E-state index < -0.39 is 5.97 Å². The molecule has 0 unspecified atom stereocenters. The van der Waals surface area contributed by atoms with Crippen molar-refractivity contribution in [1.29, 1.82) is 0 Å². The van der Waals surface area contributed by atoms with Crippen molar-refractivity contribution in [1.82, 2.24) is 4.98 Å². The number of esters is 1. The SMILES string of the molecule is Cc1cc(C(=O)OCC(=O)c2ccc3c(c2)OCO3)c2ccccc2n1. The van der Waals surface area contributed by atoms with Crippen LogP contribution in [0.3, 0.4) is 0 Å². The first-order chi connectivity index (χ1) is 12.6. The third kappa shape index (κ3) is 2.97. The lowest BCUT2D eigenvalue weighted by atomic mass is 10.1. The maximum Gasteiger partial charge on any atom is 0.339 e. The fraction of sp³-hybridized carbons (Fsp3) is 0.150. The van der Waals surface area contributed by atoms with Crippen LogP contribution < -0.4 is 9.47 Å². The highest BCUT2D eigenvalue weighted by Crippen LogP contribution is 2.32. The van der Waals surface area contributed by atoms with E-state index >= 15 is 0 Å². The standard InChI is InChI=1S/C20H15NO5/c1-12-8-15(14-4-2-3-5-16(14)21-12)20(23)24-10-17(22)13-6-7-18-19(9-13)26-11-25-18/h2-9H,10-11H2,1H3. The summed E-state index contributed by atoms with van der Waals surface area (Å²) in [5, 5.41) is 0.693. The van der Waals surface area contributed by atoms with Gasteiger partial charge in [-0.2, -0.15) is 0 Å². The third-order valence-corrected chi connectivity index (χ3v) is 4.09. The summed E-state index contributed by atoms with van der Waals surface area (Å²) in [6, 6.07) is 13.9. The number of ether oxygens (including phenoxy) is 3. The molecule has 6 nitrogen and oxygen atoms in total. The van der Waals surface area contributed by atoms with Crippen LogP contribution in [0.5, 0.6) is 11.5 Å². The molecule has 26 heavy (non-hydrogen) atoms. The first-order valence-corrected chi connectivity index (χ1v) is 8.08. The number of Topliss-reactive ketones (excluding diaryl/α,β-unsaturated/α-hetero) is 1. The van der Waals surface area contributed by atoms with Gasteiger partial charge in [0.1, 0.15) is 0 Å². The summed E-state index contributed by atoms with van der Waals surface area (Å²) in [5.41, 5.74) is 2.21. The summed E-state index contributed by atoms with van der Waals surface area (Å²) in [5.74, 6) is 0.239. The van der Waals surface area contributed by atoms with Gasteiger partial charge in [0, 0.05) is 16.6 Å². The van der Waals surface area contributed by atoms with Crippen molar-refractivity contribution in [3.8, 4) is 11.5 Å². The van der Waals surface area contributed by atoms with E-state index in [4.69, 9.17) is 14.2 Å². The average molecular weight is 349 g/mol. The molecule has 0 N–H and O–H groups in total. The van der Waals surface area contributed by atoms with E-state index in [0.29, 0.717) is 39.2 Å². The number of para-hydroxylation sites is 1. The second-order valence-corrected chi connectivity index (χ2v) is 5.90. The summed E-state index contributed by atoms with van der Waals surface area (Å²) in [6.45, 7) is 1.59. The minimum Gasteiger partial charge on any atom is -0.454 e. The van der Waals surface area contributed by atoms with Gasteiger partial charge >= 0.3 is 5.97 Å². The number of ketones is 1. The Morgan fingerprint density at radius 1 is 1.08 bits per heavy atom. The third-order valence-electron chi connectivity index (χ3n) is 4.09. The lowest BCUT2D eigenvalue weighted by Crippen LogP contribution is -2.15. The molecule has 0 spiro atoms. The van der Waals surface area contributed by atoms with Crippen molar-refractivity contribution in [2.45, 2.75) is 6.92 Å². The summed E-state index contributed by atoms with van der Waals surface area (Å²) in [4.78, 5) is 29.2. The first kappa shape index (κ1) is 16.1. The van der Waals surface area contributed by atoms with Gasteiger partial charge in [-0.1, -0.05) is 18.2 Å².